The van der Waals surface area contributed by atoms with E-state index in [2.05, 4.69) is 15.4 Å². The van der Waals surface area contributed by atoms with E-state index in [-0.39, 0.29) is 21.3 Å². The number of halogens is 1. The van der Waals surface area contributed by atoms with E-state index in [9.17, 15) is 18.8 Å². The molecule has 1 aromatic heterocycles. The van der Waals surface area contributed by atoms with Crippen LogP contribution in [0.4, 0.5) is 15.8 Å². The second-order valence-electron chi connectivity index (χ2n) is 4.49. The lowest BCUT2D eigenvalue weighted by molar-refractivity contribution is -0.114. The Morgan fingerprint density at radius 1 is 1.09 bits per heavy atom. The molecule has 2 amide bonds. The highest BCUT2D eigenvalue weighted by atomic mass is 32.1. The van der Waals surface area contributed by atoms with Gasteiger partial charge < -0.3 is 15.4 Å². The maximum Gasteiger partial charge on any atom is 0.348 e. The fourth-order valence-electron chi connectivity index (χ4n) is 1.76. The number of nitrogens with one attached hydrogen (secondary N) is 2. The first-order valence-electron chi connectivity index (χ1n) is 6.47. The zero-order valence-corrected chi connectivity index (χ0v) is 13.1. The van der Waals surface area contributed by atoms with Crippen LogP contribution in [0.2, 0.25) is 0 Å². The molecule has 0 aliphatic carbocycles. The number of carbonyl (C=O) groups is 3. The number of rotatable bonds is 4. The third-order valence-electron chi connectivity index (χ3n) is 2.75. The van der Waals surface area contributed by atoms with Crippen LogP contribution in [0.5, 0.6) is 0 Å². The minimum Gasteiger partial charge on any atom is -0.465 e. The molecule has 1 heterocycles. The lowest BCUT2D eigenvalue weighted by Gasteiger charge is -2.08. The maximum atomic E-state index is 13.8. The molecule has 0 fully saturated rings. The monoisotopic (exact) mass is 336 g/mol. The number of thiophene rings is 1. The number of esters is 1. The second-order valence-corrected chi connectivity index (χ2v) is 5.57. The first-order valence-corrected chi connectivity index (χ1v) is 7.29. The van der Waals surface area contributed by atoms with Gasteiger partial charge in [0.25, 0.3) is 5.91 Å². The number of methoxy groups -OCH3 is 1. The summed E-state index contributed by atoms with van der Waals surface area (Å²) in [7, 11) is 1.24. The van der Waals surface area contributed by atoms with Gasteiger partial charge in [0.2, 0.25) is 5.91 Å². The van der Waals surface area contributed by atoms with E-state index in [0.717, 1.165) is 17.4 Å². The summed E-state index contributed by atoms with van der Waals surface area (Å²) in [5.74, 6) is -2.07. The number of hydrogen-bond donors (Lipinski definition) is 2. The molecule has 8 heteroatoms. The summed E-state index contributed by atoms with van der Waals surface area (Å²) in [5.41, 5.74) is 0.282. The van der Waals surface area contributed by atoms with Gasteiger partial charge in [0.15, 0.2) is 0 Å². The molecular formula is C15H13FN2O4S. The molecular weight excluding hydrogens is 323 g/mol. The van der Waals surface area contributed by atoms with E-state index in [1.54, 1.807) is 0 Å². The van der Waals surface area contributed by atoms with Crippen molar-refractivity contribution < 1.29 is 23.5 Å². The Labute approximate surface area is 135 Å². The fraction of sp³-hybridized carbons (Fsp3) is 0.133. The Balaban J connectivity index is 2.18. The number of benzene rings is 1. The van der Waals surface area contributed by atoms with E-state index in [1.165, 1.54) is 38.3 Å². The quantitative estimate of drug-likeness (QED) is 0.841. The number of anilines is 2. The van der Waals surface area contributed by atoms with Gasteiger partial charge in [-0.15, -0.1) is 11.3 Å². The van der Waals surface area contributed by atoms with Gasteiger partial charge in [-0.1, -0.05) is 0 Å². The summed E-state index contributed by atoms with van der Waals surface area (Å²) in [6.45, 7) is 1.32. The van der Waals surface area contributed by atoms with Crippen molar-refractivity contribution in [3.63, 3.8) is 0 Å². The predicted molar refractivity (Wildman–Crippen MR) is 84.3 cm³/mol. The topological polar surface area (TPSA) is 84.5 Å². The molecule has 2 aromatic rings. The van der Waals surface area contributed by atoms with Gasteiger partial charge in [0.05, 0.1) is 17.7 Å². The van der Waals surface area contributed by atoms with E-state index < -0.39 is 17.7 Å². The van der Waals surface area contributed by atoms with Crippen molar-refractivity contribution in [2.45, 2.75) is 6.92 Å². The average molecular weight is 336 g/mol. The van der Waals surface area contributed by atoms with Crippen LogP contribution in [-0.4, -0.2) is 24.9 Å². The molecule has 0 saturated carbocycles. The smallest absolute Gasteiger partial charge is 0.348 e. The molecule has 0 radical (unpaired) electrons. The summed E-state index contributed by atoms with van der Waals surface area (Å²) in [6, 6.07) is 6.73. The van der Waals surface area contributed by atoms with Crippen LogP contribution in [0.25, 0.3) is 0 Å². The largest absolute Gasteiger partial charge is 0.465 e. The molecule has 2 N–H and O–H groups in total. The highest BCUT2D eigenvalue weighted by molar-refractivity contribution is 7.16. The molecule has 0 aliphatic rings. The number of carbonyl (C=O) groups excluding carboxylic acids is 3. The Morgan fingerprint density at radius 3 is 2.43 bits per heavy atom. The average Bonchev–Trinajstić information content (AvgIpc) is 2.99. The second kappa shape index (κ2) is 7.01. The van der Waals surface area contributed by atoms with E-state index >= 15 is 0 Å². The van der Waals surface area contributed by atoms with Crippen LogP contribution in [0.15, 0.2) is 30.3 Å². The summed E-state index contributed by atoms with van der Waals surface area (Å²) in [4.78, 5) is 35.0. The molecule has 23 heavy (non-hydrogen) atoms. The van der Waals surface area contributed by atoms with E-state index in [4.69, 9.17) is 0 Å². The van der Waals surface area contributed by atoms with E-state index in [0.29, 0.717) is 5.69 Å². The zero-order valence-electron chi connectivity index (χ0n) is 12.3. The first-order chi connectivity index (χ1) is 10.9. The van der Waals surface area contributed by atoms with Crippen LogP contribution in [-0.2, 0) is 9.53 Å². The third kappa shape index (κ3) is 4.13. The minimum atomic E-state index is -0.641. The molecule has 6 nitrogen and oxygen atoms in total. The van der Waals surface area contributed by atoms with Gasteiger partial charge in [0, 0.05) is 12.6 Å². The summed E-state index contributed by atoms with van der Waals surface area (Å²) in [6.07, 6.45) is 0. The molecule has 0 saturated heterocycles. The molecule has 0 aliphatic heterocycles. The van der Waals surface area contributed by atoms with Crippen LogP contribution in [0, 0.1) is 5.82 Å². The van der Waals surface area contributed by atoms with Crippen LogP contribution < -0.4 is 10.6 Å². The van der Waals surface area contributed by atoms with Crippen LogP contribution >= 0.6 is 11.3 Å². The van der Waals surface area contributed by atoms with Crippen molar-refractivity contribution >= 4 is 40.5 Å². The van der Waals surface area contributed by atoms with Crippen LogP contribution in [0.1, 0.15) is 26.3 Å². The molecule has 2 rings (SSSR count). The fourth-order valence-corrected chi connectivity index (χ4v) is 2.58. The van der Waals surface area contributed by atoms with Gasteiger partial charge in [-0.3, -0.25) is 9.59 Å². The van der Waals surface area contributed by atoms with Gasteiger partial charge in [0.1, 0.15) is 10.7 Å². The van der Waals surface area contributed by atoms with Crippen molar-refractivity contribution in [2.75, 3.05) is 17.7 Å². The lowest BCUT2D eigenvalue weighted by Crippen LogP contribution is -2.12. The summed E-state index contributed by atoms with van der Waals surface area (Å²) < 4.78 is 18.3. The molecule has 0 bridgehead atoms. The van der Waals surface area contributed by atoms with Crippen molar-refractivity contribution in [1.29, 1.82) is 0 Å². The van der Waals surface area contributed by atoms with E-state index in [1.807, 2.05) is 0 Å². The SMILES string of the molecule is COC(=O)c1ccc(C(=O)Nc2cc(NC(C)=O)ccc2F)s1. The number of amides is 2. The molecule has 0 unspecified atom stereocenters. The third-order valence-corrected chi connectivity index (χ3v) is 3.82. The Morgan fingerprint density at radius 2 is 1.78 bits per heavy atom. The van der Waals surface area contributed by atoms with Gasteiger partial charge in [-0.2, -0.15) is 0 Å². The maximum absolute atomic E-state index is 13.8. The van der Waals surface area contributed by atoms with Crippen molar-refractivity contribution in [3.8, 4) is 0 Å². The Bertz CT molecular complexity index is 773. The Hall–Kier alpha value is -2.74. The zero-order chi connectivity index (χ0) is 17.0. The van der Waals surface area contributed by atoms with Gasteiger partial charge in [-0.05, 0) is 30.3 Å². The first kappa shape index (κ1) is 16.6. The van der Waals surface area contributed by atoms with Gasteiger partial charge >= 0.3 is 5.97 Å². The molecule has 1 aromatic carbocycles. The highest BCUT2D eigenvalue weighted by Gasteiger charge is 2.15. The highest BCUT2D eigenvalue weighted by Crippen LogP contribution is 2.23. The summed E-state index contributed by atoms with van der Waals surface area (Å²) in [5, 5.41) is 4.90. The van der Waals surface area contributed by atoms with Gasteiger partial charge in [-0.25, -0.2) is 9.18 Å². The van der Waals surface area contributed by atoms with Crippen molar-refractivity contribution in [2.24, 2.45) is 0 Å². The number of hydrogen-bond acceptors (Lipinski definition) is 5. The Kier molecular flexibility index (Phi) is 5.07. The number of ether oxygens (including phenoxy) is 1. The van der Waals surface area contributed by atoms with Crippen LogP contribution in [0.3, 0.4) is 0 Å². The van der Waals surface area contributed by atoms with Crippen molar-refractivity contribution in [1.82, 2.24) is 0 Å². The lowest BCUT2D eigenvalue weighted by atomic mass is 10.2. The minimum absolute atomic E-state index is 0.0748. The molecule has 0 atom stereocenters. The van der Waals surface area contributed by atoms with Crippen molar-refractivity contribution in [3.05, 3.63) is 45.9 Å². The standard InChI is InChI=1S/C15H13FN2O4S/c1-8(19)17-9-3-4-10(16)11(7-9)18-14(20)12-5-6-13(23-12)15(21)22-2/h3-7H,1-2H3,(H,17,19)(H,18,20). The summed E-state index contributed by atoms with van der Waals surface area (Å²) >= 11 is 0.935. The predicted octanol–water partition coefficient (Wildman–Crippen LogP) is 2.88. The molecule has 120 valence electrons. The normalized spacial score (nSPS) is 10.0. The molecule has 0 spiro atoms.